The van der Waals surface area contributed by atoms with Crippen molar-refractivity contribution in [3.63, 3.8) is 0 Å². The van der Waals surface area contributed by atoms with Crippen molar-refractivity contribution in [3.05, 3.63) is 63.6 Å². The van der Waals surface area contributed by atoms with Crippen molar-refractivity contribution in [1.29, 1.82) is 0 Å². The average molecular weight is 408 g/mol. The molecule has 3 N–H and O–H groups in total. The van der Waals surface area contributed by atoms with Crippen LogP contribution in [0.5, 0.6) is 0 Å². The van der Waals surface area contributed by atoms with E-state index in [0.717, 1.165) is 5.56 Å². The molecule has 0 fully saturated rings. The zero-order valence-corrected chi connectivity index (χ0v) is 16.2. The Kier molecular flexibility index (Phi) is 7.64. The predicted octanol–water partition coefficient (Wildman–Crippen LogP) is 3.18. The third-order valence-corrected chi connectivity index (χ3v) is 4.39. The minimum atomic E-state index is -0.362. The Hall–Kier alpha value is -2.57. The van der Waals surface area contributed by atoms with Gasteiger partial charge in [-0.1, -0.05) is 29.3 Å². The van der Waals surface area contributed by atoms with E-state index in [1.807, 2.05) is 0 Å². The predicted molar refractivity (Wildman–Crippen MR) is 106 cm³/mol. The molecule has 8 heteroatoms. The number of hydrogen-bond acceptors (Lipinski definition) is 3. The van der Waals surface area contributed by atoms with Crippen LogP contribution >= 0.6 is 23.2 Å². The molecule has 0 aliphatic heterocycles. The maximum absolute atomic E-state index is 11.9. The molecule has 0 aliphatic rings. The Morgan fingerprint density at radius 1 is 0.926 bits per heavy atom. The van der Waals surface area contributed by atoms with Crippen LogP contribution in [0.3, 0.4) is 0 Å². The number of anilines is 1. The van der Waals surface area contributed by atoms with Crippen LogP contribution in [0.1, 0.15) is 22.3 Å². The van der Waals surface area contributed by atoms with E-state index in [-0.39, 0.29) is 37.2 Å². The highest BCUT2D eigenvalue weighted by atomic mass is 35.5. The Balaban J connectivity index is 1.69. The molecule has 0 saturated carbocycles. The van der Waals surface area contributed by atoms with Gasteiger partial charge >= 0.3 is 0 Å². The van der Waals surface area contributed by atoms with E-state index in [2.05, 4.69) is 16.0 Å². The molecule has 0 saturated heterocycles. The molecule has 0 unspecified atom stereocenters. The van der Waals surface area contributed by atoms with Crippen molar-refractivity contribution in [2.24, 2.45) is 0 Å². The van der Waals surface area contributed by atoms with Crippen molar-refractivity contribution in [2.45, 2.75) is 13.3 Å². The average Bonchev–Trinajstić information content (AvgIpc) is 2.64. The van der Waals surface area contributed by atoms with Crippen molar-refractivity contribution in [3.8, 4) is 0 Å². The van der Waals surface area contributed by atoms with Gasteiger partial charge in [0.15, 0.2) is 0 Å². The van der Waals surface area contributed by atoms with E-state index >= 15 is 0 Å². The van der Waals surface area contributed by atoms with Crippen LogP contribution < -0.4 is 16.0 Å². The van der Waals surface area contributed by atoms with Gasteiger partial charge in [-0.3, -0.25) is 14.4 Å². The smallest absolute Gasteiger partial charge is 0.251 e. The molecule has 0 aliphatic carbocycles. The number of carbonyl (C=O) groups is 3. The van der Waals surface area contributed by atoms with E-state index < -0.39 is 0 Å². The van der Waals surface area contributed by atoms with Crippen molar-refractivity contribution in [1.82, 2.24) is 10.6 Å². The molecule has 0 atom stereocenters. The fourth-order valence-corrected chi connectivity index (χ4v) is 2.50. The summed E-state index contributed by atoms with van der Waals surface area (Å²) in [5.41, 5.74) is 1.80. The van der Waals surface area contributed by atoms with Gasteiger partial charge < -0.3 is 16.0 Å². The summed E-state index contributed by atoms with van der Waals surface area (Å²) in [6.45, 7) is 1.78. The highest BCUT2D eigenvalue weighted by Gasteiger charge is 2.10. The third-order valence-electron chi connectivity index (χ3n) is 3.73. The molecule has 2 rings (SSSR count). The summed E-state index contributed by atoms with van der Waals surface area (Å²) < 4.78 is 0. The lowest BCUT2D eigenvalue weighted by Gasteiger charge is -2.10. The molecule has 142 valence electrons. The summed E-state index contributed by atoms with van der Waals surface area (Å²) in [6.07, 6.45) is 0.0583. The number of hydrogen-bond donors (Lipinski definition) is 3. The molecule has 0 radical (unpaired) electrons. The van der Waals surface area contributed by atoms with Crippen molar-refractivity contribution >= 4 is 46.6 Å². The first kappa shape index (κ1) is 20.7. The third kappa shape index (κ3) is 6.58. The summed E-state index contributed by atoms with van der Waals surface area (Å²) in [5.74, 6) is -1.00. The first-order valence-corrected chi connectivity index (χ1v) is 8.98. The van der Waals surface area contributed by atoms with Gasteiger partial charge in [0.05, 0.1) is 6.54 Å². The number of amides is 3. The van der Waals surface area contributed by atoms with E-state index in [0.29, 0.717) is 21.3 Å². The number of benzene rings is 2. The molecule has 0 bridgehead atoms. The molecular formula is C19H19Cl2N3O3. The van der Waals surface area contributed by atoms with Gasteiger partial charge in [0.2, 0.25) is 11.8 Å². The molecule has 2 aromatic rings. The summed E-state index contributed by atoms with van der Waals surface area (Å²) in [5, 5.41) is 8.91. The van der Waals surface area contributed by atoms with Crippen LogP contribution in [0.25, 0.3) is 0 Å². The second kappa shape index (κ2) is 9.94. The largest absolute Gasteiger partial charge is 0.352 e. The zero-order valence-electron chi connectivity index (χ0n) is 14.6. The molecular weight excluding hydrogens is 389 g/mol. The van der Waals surface area contributed by atoms with E-state index in [1.54, 1.807) is 49.4 Å². The standard InChI is InChI=1S/C19H19Cl2N3O3/c1-12-15(21)3-2-4-16(12)24-18(26)11-23-17(25)9-10-22-19(27)13-5-7-14(20)8-6-13/h2-8H,9-11H2,1H3,(H,22,27)(H,23,25)(H,24,26). The topological polar surface area (TPSA) is 87.3 Å². The van der Waals surface area contributed by atoms with Gasteiger partial charge in [-0.2, -0.15) is 0 Å². The zero-order chi connectivity index (χ0) is 19.8. The number of nitrogens with one attached hydrogen (secondary N) is 3. The number of halogens is 2. The maximum Gasteiger partial charge on any atom is 0.251 e. The molecule has 3 amide bonds. The van der Waals surface area contributed by atoms with Gasteiger partial charge in [0, 0.05) is 34.3 Å². The van der Waals surface area contributed by atoms with Crippen LogP contribution in [0.2, 0.25) is 10.0 Å². The number of rotatable bonds is 7. The lowest BCUT2D eigenvalue weighted by Crippen LogP contribution is -2.35. The van der Waals surface area contributed by atoms with Gasteiger partial charge in [0.1, 0.15) is 0 Å². The lowest BCUT2D eigenvalue weighted by atomic mass is 10.2. The Bertz CT molecular complexity index is 839. The molecule has 6 nitrogen and oxygen atoms in total. The fraction of sp³-hybridized carbons (Fsp3) is 0.211. The molecule has 0 heterocycles. The maximum atomic E-state index is 11.9. The molecule has 0 aromatic heterocycles. The van der Waals surface area contributed by atoms with E-state index in [9.17, 15) is 14.4 Å². The first-order chi connectivity index (χ1) is 12.9. The first-order valence-electron chi connectivity index (χ1n) is 8.22. The van der Waals surface area contributed by atoms with Crippen molar-refractivity contribution < 1.29 is 14.4 Å². The van der Waals surface area contributed by atoms with E-state index in [4.69, 9.17) is 23.2 Å². The lowest BCUT2D eigenvalue weighted by molar-refractivity contribution is -0.124. The van der Waals surface area contributed by atoms with E-state index in [1.165, 1.54) is 0 Å². The van der Waals surface area contributed by atoms with Crippen LogP contribution in [-0.2, 0) is 9.59 Å². The molecule has 2 aromatic carbocycles. The SMILES string of the molecule is Cc1c(Cl)cccc1NC(=O)CNC(=O)CCNC(=O)c1ccc(Cl)cc1. The molecule has 0 spiro atoms. The van der Waals surface area contributed by atoms with Crippen LogP contribution in [-0.4, -0.2) is 30.8 Å². The highest BCUT2D eigenvalue weighted by molar-refractivity contribution is 6.31. The number of carbonyl (C=O) groups excluding carboxylic acids is 3. The van der Waals surface area contributed by atoms with Gasteiger partial charge in [0.25, 0.3) is 5.91 Å². The summed E-state index contributed by atoms with van der Waals surface area (Å²) in [4.78, 5) is 35.6. The van der Waals surface area contributed by atoms with Gasteiger partial charge in [-0.25, -0.2) is 0 Å². The van der Waals surface area contributed by atoms with Crippen molar-refractivity contribution in [2.75, 3.05) is 18.4 Å². The van der Waals surface area contributed by atoms with Crippen LogP contribution in [0.4, 0.5) is 5.69 Å². The quantitative estimate of drug-likeness (QED) is 0.658. The monoisotopic (exact) mass is 407 g/mol. The summed E-state index contributed by atoms with van der Waals surface area (Å²) >= 11 is 11.8. The minimum Gasteiger partial charge on any atom is -0.352 e. The fourth-order valence-electron chi connectivity index (χ4n) is 2.20. The Morgan fingerprint density at radius 2 is 1.63 bits per heavy atom. The molecule has 27 heavy (non-hydrogen) atoms. The normalized spacial score (nSPS) is 10.2. The minimum absolute atomic E-state index is 0.0583. The Labute approximate surface area is 167 Å². The second-order valence-electron chi connectivity index (χ2n) is 5.75. The van der Waals surface area contributed by atoms with Gasteiger partial charge in [-0.15, -0.1) is 0 Å². The highest BCUT2D eigenvalue weighted by Crippen LogP contribution is 2.22. The summed E-state index contributed by atoms with van der Waals surface area (Å²) in [6, 6.07) is 11.6. The van der Waals surface area contributed by atoms with Crippen LogP contribution in [0.15, 0.2) is 42.5 Å². The van der Waals surface area contributed by atoms with Crippen LogP contribution in [0, 0.1) is 6.92 Å². The second-order valence-corrected chi connectivity index (χ2v) is 6.59. The van der Waals surface area contributed by atoms with Gasteiger partial charge in [-0.05, 0) is 48.9 Å². The Morgan fingerprint density at radius 3 is 2.33 bits per heavy atom. The summed E-state index contributed by atoms with van der Waals surface area (Å²) in [7, 11) is 0.